The Morgan fingerprint density at radius 1 is 0.453 bits per heavy atom. The molecule has 0 aliphatic heterocycles. The summed E-state index contributed by atoms with van der Waals surface area (Å²) in [5.74, 6) is 5.38. The van der Waals surface area contributed by atoms with Crippen LogP contribution in [0.2, 0.25) is 0 Å². The van der Waals surface area contributed by atoms with Crippen molar-refractivity contribution in [3.8, 4) is 51.0 Å². The van der Waals surface area contributed by atoms with Crippen molar-refractivity contribution in [2.24, 2.45) is 23.7 Å². The summed E-state index contributed by atoms with van der Waals surface area (Å²) in [5, 5.41) is 2.39. The standard InChI is InChI=1S/C49H38N4/c1-3-12-32(13-4-1)46-50-47(52-48(51-46)40-19-11-18-39-38-17-8-10-21-44(38)53(45(39)40)36-14-5-2-6-15-36)33-22-23-43-41(29-33)37-16-7-9-20-42(37)49(43)34-25-30-24-31(27-34)28-35(49)26-30/h1-23,29-31,34-35H,24-28H2. The minimum Gasteiger partial charge on any atom is -0.309 e. The lowest BCUT2D eigenvalue weighted by atomic mass is 9.43. The average Bonchev–Trinajstić information content (AvgIpc) is 3.71. The van der Waals surface area contributed by atoms with E-state index in [-0.39, 0.29) is 5.41 Å². The van der Waals surface area contributed by atoms with Crippen LogP contribution in [-0.2, 0) is 5.41 Å². The largest absolute Gasteiger partial charge is 0.309 e. The van der Waals surface area contributed by atoms with Crippen LogP contribution in [-0.4, -0.2) is 19.5 Å². The Morgan fingerprint density at radius 2 is 1.06 bits per heavy atom. The molecule has 254 valence electrons. The molecule has 2 aromatic heterocycles. The maximum atomic E-state index is 5.38. The fourth-order valence-corrected chi connectivity index (χ4v) is 11.7. The van der Waals surface area contributed by atoms with Gasteiger partial charge in [0.2, 0.25) is 0 Å². The Balaban J connectivity index is 1.09. The molecule has 6 aromatic carbocycles. The SMILES string of the molecule is c1ccc(-c2nc(-c3ccc4c(c3)-c3ccccc3C43C4CC5CC(C4)CC3C5)nc(-c3cccc4c5ccccc5n(-c5ccccc5)c34)n2)cc1. The van der Waals surface area contributed by atoms with Gasteiger partial charge in [-0.15, -0.1) is 0 Å². The molecule has 53 heavy (non-hydrogen) atoms. The molecule has 0 N–H and O–H groups in total. The van der Waals surface area contributed by atoms with Crippen LogP contribution in [0.15, 0.2) is 146 Å². The summed E-state index contributed by atoms with van der Waals surface area (Å²) in [7, 11) is 0. The van der Waals surface area contributed by atoms with Gasteiger partial charge in [0.25, 0.3) is 0 Å². The zero-order chi connectivity index (χ0) is 34.7. The van der Waals surface area contributed by atoms with E-state index in [0.717, 1.165) is 57.1 Å². The molecule has 2 heterocycles. The molecule has 4 bridgehead atoms. The van der Waals surface area contributed by atoms with Crippen molar-refractivity contribution >= 4 is 21.8 Å². The molecule has 0 unspecified atom stereocenters. The van der Waals surface area contributed by atoms with Crippen molar-refractivity contribution < 1.29 is 0 Å². The fraction of sp³-hybridized carbons (Fsp3) is 0.204. The first kappa shape index (κ1) is 29.7. The molecule has 8 aromatic rings. The van der Waals surface area contributed by atoms with E-state index < -0.39 is 0 Å². The van der Waals surface area contributed by atoms with Gasteiger partial charge >= 0.3 is 0 Å². The minimum atomic E-state index is 0.137. The van der Waals surface area contributed by atoms with Crippen molar-refractivity contribution in [2.75, 3.05) is 0 Å². The van der Waals surface area contributed by atoms with Gasteiger partial charge in [-0.25, -0.2) is 15.0 Å². The van der Waals surface area contributed by atoms with Crippen LogP contribution >= 0.6 is 0 Å². The molecule has 13 rings (SSSR count). The summed E-state index contributed by atoms with van der Waals surface area (Å²) >= 11 is 0. The third-order valence-corrected chi connectivity index (χ3v) is 13.4. The van der Waals surface area contributed by atoms with Gasteiger partial charge in [-0.2, -0.15) is 0 Å². The second kappa shape index (κ2) is 11.1. The van der Waals surface area contributed by atoms with Crippen LogP contribution in [0, 0.1) is 23.7 Å². The molecule has 1 spiro atoms. The van der Waals surface area contributed by atoms with Crippen molar-refractivity contribution in [1.82, 2.24) is 19.5 Å². The molecule has 5 aliphatic rings. The Hall–Kier alpha value is -5.87. The molecule has 4 fully saturated rings. The molecule has 0 atom stereocenters. The van der Waals surface area contributed by atoms with Crippen LogP contribution < -0.4 is 0 Å². The monoisotopic (exact) mass is 682 g/mol. The van der Waals surface area contributed by atoms with Gasteiger partial charge in [-0.3, -0.25) is 0 Å². The number of rotatable bonds is 4. The highest BCUT2D eigenvalue weighted by atomic mass is 15.0. The molecule has 5 aliphatic carbocycles. The molecular weight excluding hydrogens is 645 g/mol. The van der Waals surface area contributed by atoms with Gasteiger partial charge in [0.15, 0.2) is 17.5 Å². The van der Waals surface area contributed by atoms with E-state index in [2.05, 4.69) is 144 Å². The average molecular weight is 683 g/mol. The Morgan fingerprint density at radius 3 is 1.85 bits per heavy atom. The van der Waals surface area contributed by atoms with Crippen LogP contribution in [0.1, 0.15) is 43.2 Å². The van der Waals surface area contributed by atoms with Gasteiger partial charge in [-0.05, 0) is 108 Å². The van der Waals surface area contributed by atoms with Gasteiger partial charge in [0, 0.05) is 38.6 Å². The van der Waals surface area contributed by atoms with E-state index in [0.29, 0.717) is 17.5 Å². The number of hydrogen-bond donors (Lipinski definition) is 0. The zero-order valence-corrected chi connectivity index (χ0v) is 29.5. The first-order valence-corrected chi connectivity index (χ1v) is 19.4. The quantitative estimate of drug-likeness (QED) is 0.186. The van der Waals surface area contributed by atoms with Gasteiger partial charge in [-0.1, -0.05) is 115 Å². The summed E-state index contributed by atoms with van der Waals surface area (Å²) in [6.07, 6.45) is 6.98. The van der Waals surface area contributed by atoms with E-state index in [4.69, 9.17) is 15.0 Å². The number of benzene rings is 6. The second-order valence-corrected chi connectivity index (χ2v) is 16.0. The first-order valence-electron chi connectivity index (χ1n) is 19.4. The number of para-hydroxylation sites is 3. The van der Waals surface area contributed by atoms with Gasteiger partial charge < -0.3 is 4.57 Å². The van der Waals surface area contributed by atoms with Crippen molar-refractivity contribution in [1.29, 1.82) is 0 Å². The lowest BCUT2D eigenvalue weighted by Crippen LogP contribution is -2.55. The van der Waals surface area contributed by atoms with Crippen LogP contribution in [0.25, 0.3) is 72.8 Å². The zero-order valence-electron chi connectivity index (χ0n) is 29.5. The first-order chi connectivity index (χ1) is 26.2. The summed E-state index contributed by atoms with van der Waals surface area (Å²) in [6, 6.07) is 52.7. The number of aromatic nitrogens is 4. The number of fused-ring (bicyclic) bond motifs is 6. The van der Waals surface area contributed by atoms with E-state index in [9.17, 15) is 0 Å². The van der Waals surface area contributed by atoms with E-state index in [1.54, 1.807) is 11.1 Å². The Bertz CT molecular complexity index is 2720. The second-order valence-electron chi connectivity index (χ2n) is 16.0. The highest BCUT2D eigenvalue weighted by Gasteiger charge is 2.61. The van der Waals surface area contributed by atoms with E-state index in [1.165, 1.54) is 54.0 Å². The maximum absolute atomic E-state index is 5.38. The Labute approximate surface area is 309 Å². The summed E-state index contributed by atoms with van der Waals surface area (Å²) in [4.78, 5) is 15.9. The molecule has 0 saturated heterocycles. The number of hydrogen-bond acceptors (Lipinski definition) is 3. The van der Waals surface area contributed by atoms with Crippen molar-refractivity contribution in [3.63, 3.8) is 0 Å². The third kappa shape index (κ3) is 4.15. The lowest BCUT2D eigenvalue weighted by molar-refractivity contribution is -0.0399. The Kier molecular flexibility index (Phi) is 6.20. The molecule has 4 nitrogen and oxygen atoms in total. The van der Waals surface area contributed by atoms with Crippen LogP contribution in [0.3, 0.4) is 0 Å². The molecular formula is C49H38N4. The van der Waals surface area contributed by atoms with E-state index in [1.807, 2.05) is 6.07 Å². The van der Waals surface area contributed by atoms with Crippen molar-refractivity contribution in [3.05, 3.63) is 157 Å². The third-order valence-electron chi connectivity index (χ3n) is 13.4. The number of nitrogens with zero attached hydrogens (tertiary/aromatic N) is 4. The summed E-state index contributed by atoms with van der Waals surface area (Å²) in [5.41, 5.74) is 12.4. The normalized spacial score (nSPS) is 23.5. The van der Waals surface area contributed by atoms with Crippen molar-refractivity contribution in [2.45, 2.75) is 37.5 Å². The molecule has 4 heteroatoms. The topological polar surface area (TPSA) is 43.6 Å². The van der Waals surface area contributed by atoms with Gasteiger partial charge in [0.05, 0.1) is 11.0 Å². The maximum Gasteiger partial charge on any atom is 0.166 e. The smallest absolute Gasteiger partial charge is 0.166 e. The van der Waals surface area contributed by atoms with E-state index >= 15 is 0 Å². The molecule has 0 radical (unpaired) electrons. The summed E-state index contributed by atoms with van der Waals surface area (Å²) < 4.78 is 2.36. The lowest BCUT2D eigenvalue weighted by Gasteiger charge is -2.61. The molecule has 4 saturated carbocycles. The predicted molar refractivity (Wildman–Crippen MR) is 214 cm³/mol. The minimum absolute atomic E-state index is 0.137. The fourth-order valence-electron chi connectivity index (χ4n) is 11.7. The molecule has 0 amide bonds. The van der Waals surface area contributed by atoms with Crippen LogP contribution in [0.5, 0.6) is 0 Å². The highest BCUT2D eigenvalue weighted by molar-refractivity contribution is 6.13. The summed E-state index contributed by atoms with van der Waals surface area (Å²) in [6.45, 7) is 0. The van der Waals surface area contributed by atoms with Crippen LogP contribution in [0.4, 0.5) is 0 Å². The van der Waals surface area contributed by atoms with Gasteiger partial charge in [0.1, 0.15) is 0 Å². The predicted octanol–water partition coefficient (Wildman–Crippen LogP) is 11.7. The highest BCUT2D eigenvalue weighted by Crippen LogP contribution is 2.69.